The molecule has 0 bridgehead atoms. The first-order chi connectivity index (χ1) is 10.1. The first kappa shape index (κ1) is 15.8. The van der Waals surface area contributed by atoms with Crippen molar-refractivity contribution < 1.29 is 0 Å². The van der Waals surface area contributed by atoms with E-state index in [9.17, 15) is 0 Å². The summed E-state index contributed by atoms with van der Waals surface area (Å²) in [5.74, 6) is 0.357. The van der Waals surface area contributed by atoms with E-state index in [1.807, 2.05) is 13.8 Å². The first-order valence-corrected chi connectivity index (χ1v) is 7.66. The van der Waals surface area contributed by atoms with Crippen molar-refractivity contribution >= 4 is 51.9 Å². The number of aromatic amines is 1. The van der Waals surface area contributed by atoms with Crippen molar-refractivity contribution in [1.82, 2.24) is 24.9 Å². The Kier molecular flexibility index (Phi) is 5.22. The number of fused-ring (bicyclic) bond motifs is 1. The summed E-state index contributed by atoms with van der Waals surface area (Å²) in [6.45, 7) is 4.00. The number of nitrogen functional groups attached to an aromatic ring is 1. The summed E-state index contributed by atoms with van der Waals surface area (Å²) < 4.78 is 0. The minimum Gasteiger partial charge on any atom is -0.382 e. The molecule has 0 aliphatic carbocycles. The molecule has 3 heterocycles. The summed E-state index contributed by atoms with van der Waals surface area (Å²) in [6, 6.07) is 3.39. The lowest BCUT2D eigenvalue weighted by atomic mass is 10.5. The standard InChI is InChI=1S/C10H6Cl2N6S.C2H6/c11-5-1-4(2-6(12)16-5)19-10-17-7-8(13)14-3-15-9(7)18-10;1-2/h1-3H,(H3,13,14,15,17,18);1-2H3. The normalized spacial score (nSPS) is 10.3. The molecule has 3 N–H and O–H groups in total. The molecule has 0 aliphatic rings. The van der Waals surface area contributed by atoms with Gasteiger partial charge < -0.3 is 10.7 Å². The fourth-order valence-electron chi connectivity index (χ4n) is 1.49. The van der Waals surface area contributed by atoms with E-state index in [2.05, 4.69) is 24.9 Å². The van der Waals surface area contributed by atoms with Crippen molar-refractivity contribution in [2.24, 2.45) is 0 Å². The van der Waals surface area contributed by atoms with E-state index in [-0.39, 0.29) is 0 Å². The van der Waals surface area contributed by atoms with Gasteiger partial charge in [-0.2, -0.15) is 0 Å². The Bertz CT molecular complexity index is 740. The third kappa shape index (κ3) is 3.75. The number of rotatable bonds is 2. The summed E-state index contributed by atoms with van der Waals surface area (Å²) in [7, 11) is 0. The number of nitrogens with two attached hydrogens (primary N) is 1. The lowest BCUT2D eigenvalue weighted by Gasteiger charge is -1.99. The van der Waals surface area contributed by atoms with Crippen molar-refractivity contribution in [3.63, 3.8) is 0 Å². The Morgan fingerprint density at radius 3 is 2.38 bits per heavy atom. The third-order valence-corrected chi connectivity index (χ3v) is 3.49. The molecule has 0 radical (unpaired) electrons. The Morgan fingerprint density at radius 1 is 1.10 bits per heavy atom. The molecular weight excluding hydrogens is 331 g/mol. The van der Waals surface area contributed by atoms with Gasteiger partial charge in [-0.05, 0) is 12.1 Å². The van der Waals surface area contributed by atoms with Crippen molar-refractivity contribution in [3.8, 4) is 0 Å². The van der Waals surface area contributed by atoms with Crippen LogP contribution in [0.4, 0.5) is 5.82 Å². The molecule has 0 saturated carbocycles. The topological polar surface area (TPSA) is 93.4 Å². The Labute approximate surface area is 135 Å². The van der Waals surface area contributed by atoms with E-state index in [0.717, 1.165) is 4.90 Å². The van der Waals surface area contributed by atoms with Crippen LogP contribution in [0.1, 0.15) is 13.8 Å². The number of nitrogens with one attached hydrogen (secondary N) is 1. The Balaban J connectivity index is 0.000000774. The first-order valence-electron chi connectivity index (χ1n) is 6.09. The van der Waals surface area contributed by atoms with E-state index >= 15 is 0 Å². The second-order valence-electron chi connectivity index (χ2n) is 3.55. The maximum atomic E-state index is 5.84. The minimum absolute atomic E-state index is 0.324. The second kappa shape index (κ2) is 6.93. The molecule has 21 heavy (non-hydrogen) atoms. The van der Waals surface area contributed by atoms with Gasteiger partial charge in [0.05, 0.1) is 0 Å². The van der Waals surface area contributed by atoms with Crippen LogP contribution in [-0.2, 0) is 0 Å². The van der Waals surface area contributed by atoms with Gasteiger partial charge in [-0.3, -0.25) is 0 Å². The van der Waals surface area contributed by atoms with Crippen LogP contribution in [0.2, 0.25) is 10.3 Å². The molecule has 110 valence electrons. The van der Waals surface area contributed by atoms with E-state index in [4.69, 9.17) is 28.9 Å². The molecular formula is C12H12Cl2N6S. The fourth-order valence-corrected chi connectivity index (χ4v) is 2.93. The zero-order chi connectivity index (χ0) is 15.4. The van der Waals surface area contributed by atoms with Gasteiger partial charge in [-0.25, -0.2) is 19.9 Å². The number of anilines is 1. The predicted molar refractivity (Wildman–Crippen MR) is 85.8 cm³/mol. The van der Waals surface area contributed by atoms with Gasteiger partial charge in [0.1, 0.15) is 22.2 Å². The summed E-state index contributed by atoms with van der Waals surface area (Å²) >= 11 is 13.0. The van der Waals surface area contributed by atoms with Gasteiger partial charge in [-0.1, -0.05) is 48.8 Å². The lowest BCUT2D eigenvalue weighted by molar-refractivity contribution is 1.07. The van der Waals surface area contributed by atoms with Crippen molar-refractivity contribution in [2.45, 2.75) is 23.9 Å². The predicted octanol–water partition coefficient (Wildman–Crippen LogP) is 3.81. The Hall–Kier alpha value is -1.57. The van der Waals surface area contributed by atoms with E-state index < -0.39 is 0 Å². The molecule has 6 nitrogen and oxygen atoms in total. The maximum Gasteiger partial charge on any atom is 0.183 e. The number of nitrogens with zero attached hydrogens (tertiary/aromatic N) is 4. The van der Waals surface area contributed by atoms with Gasteiger partial charge in [0.25, 0.3) is 0 Å². The van der Waals surface area contributed by atoms with Crippen LogP contribution in [0.15, 0.2) is 28.5 Å². The molecule has 0 aromatic carbocycles. The molecule has 3 aromatic heterocycles. The molecule has 0 fully saturated rings. The van der Waals surface area contributed by atoms with Crippen LogP contribution >= 0.6 is 35.0 Å². The SMILES string of the molecule is CC.Nc1ncnc2nc(Sc3cc(Cl)nc(Cl)c3)[nH]c12. The van der Waals surface area contributed by atoms with Crippen molar-refractivity contribution in [3.05, 3.63) is 28.8 Å². The van der Waals surface area contributed by atoms with E-state index in [1.165, 1.54) is 18.1 Å². The maximum absolute atomic E-state index is 5.84. The number of imidazole rings is 1. The smallest absolute Gasteiger partial charge is 0.183 e. The number of hydrogen-bond donors (Lipinski definition) is 2. The number of hydrogen-bond acceptors (Lipinski definition) is 6. The summed E-state index contributed by atoms with van der Waals surface area (Å²) in [6.07, 6.45) is 1.37. The van der Waals surface area contributed by atoms with E-state index in [1.54, 1.807) is 12.1 Å². The van der Waals surface area contributed by atoms with Crippen LogP contribution in [0.3, 0.4) is 0 Å². The number of aromatic nitrogens is 5. The number of pyridine rings is 1. The van der Waals surface area contributed by atoms with Gasteiger partial charge in [0.15, 0.2) is 16.6 Å². The van der Waals surface area contributed by atoms with Gasteiger partial charge in [0.2, 0.25) is 0 Å². The fraction of sp³-hybridized carbons (Fsp3) is 0.167. The highest BCUT2D eigenvalue weighted by Crippen LogP contribution is 2.30. The van der Waals surface area contributed by atoms with Crippen molar-refractivity contribution in [1.29, 1.82) is 0 Å². The molecule has 0 aliphatic heterocycles. The molecule has 3 rings (SSSR count). The minimum atomic E-state index is 0.324. The van der Waals surface area contributed by atoms with Gasteiger partial charge in [0, 0.05) is 4.90 Å². The molecule has 3 aromatic rings. The zero-order valence-electron chi connectivity index (χ0n) is 11.3. The average Bonchev–Trinajstić information content (AvgIpc) is 2.84. The highest BCUT2D eigenvalue weighted by atomic mass is 35.5. The highest BCUT2D eigenvalue weighted by molar-refractivity contribution is 7.99. The highest BCUT2D eigenvalue weighted by Gasteiger charge is 2.09. The summed E-state index contributed by atoms with van der Waals surface area (Å²) in [4.78, 5) is 20.0. The van der Waals surface area contributed by atoms with Crippen LogP contribution in [0.5, 0.6) is 0 Å². The van der Waals surface area contributed by atoms with Gasteiger partial charge >= 0.3 is 0 Å². The van der Waals surface area contributed by atoms with Crippen LogP contribution in [-0.4, -0.2) is 24.9 Å². The molecule has 0 unspecified atom stereocenters. The second-order valence-corrected chi connectivity index (χ2v) is 5.39. The largest absolute Gasteiger partial charge is 0.382 e. The number of halogens is 2. The monoisotopic (exact) mass is 342 g/mol. The van der Waals surface area contributed by atoms with Crippen LogP contribution in [0, 0.1) is 0 Å². The molecule has 0 amide bonds. The number of H-pyrrole nitrogens is 1. The van der Waals surface area contributed by atoms with Gasteiger partial charge in [-0.15, -0.1) is 0 Å². The van der Waals surface area contributed by atoms with Crippen LogP contribution < -0.4 is 5.73 Å². The third-order valence-electron chi connectivity index (χ3n) is 2.25. The molecule has 0 atom stereocenters. The van der Waals surface area contributed by atoms with E-state index in [0.29, 0.717) is 32.4 Å². The van der Waals surface area contributed by atoms with Crippen molar-refractivity contribution in [2.75, 3.05) is 5.73 Å². The quantitative estimate of drug-likeness (QED) is 0.687. The zero-order valence-corrected chi connectivity index (χ0v) is 13.6. The summed E-state index contributed by atoms with van der Waals surface area (Å²) in [5, 5.41) is 1.27. The molecule has 0 spiro atoms. The Morgan fingerprint density at radius 2 is 1.76 bits per heavy atom. The molecule has 9 heteroatoms. The van der Waals surface area contributed by atoms with Crippen LogP contribution in [0.25, 0.3) is 11.2 Å². The molecule has 0 saturated heterocycles. The average molecular weight is 343 g/mol. The summed E-state index contributed by atoms with van der Waals surface area (Å²) in [5.41, 5.74) is 6.85. The lowest BCUT2D eigenvalue weighted by Crippen LogP contribution is -1.91.